The van der Waals surface area contributed by atoms with E-state index < -0.39 is 0 Å². The van der Waals surface area contributed by atoms with Gasteiger partial charge in [0.05, 0.1) is 17.6 Å². The lowest BCUT2D eigenvalue weighted by atomic mass is 9.94. The van der Waals surface area contributed by atoms with Crippen LogP contribution in [0.3, 0.4) is 0 Å². The fraction of sp³-hybridized carbons (Fsp3) is 0.769. The Morgan fingerprint density at radius 1 is 1.67 bits per heavy atom. The molecule has 1 aromatic rings. The van der Waals surface area contributed by atoms with E-state index in [9.17, 15) is 0 Å². The number of alkyl halides is 1. The van der Waals surface area contributed by atoms with Crippen molar-refractivity contribution in [1.29, 1.82) is 0 Å². The van der Waals surface area contributed by atoms with E-state index in [0.29, 0.717) is 24.4 Å². The molecule has 0 bridgehead atoms. The van der Waals surface area contributed by atoms with E-state index >= 15 is 0 Å². The number of aromatic nitrogens is 1. The van der Waals surface area contributed by atoms with E-state index in [1.54, 1.807) is 11.3 Å². The molecule has 0 spiro atoms. The Kier molecular flexibility index (Phi) is 5.42. The highest BCUT2D eigenvalue weighted by atomic mass is 35.5. The first kappa shape index (κ1) is 14.3. The highest BCUT2D eigenvalue weighted by molar-refractivity contribution is 7.09. The number of hydrogen-bond acceptors (Lipinski definition) is 4. The molecule has 1 aromatic heterocycles. The molecule has 1 aliphatic heterocycles. The molecular formula is C13H21ClN2OS. The zero-order valence-electron chi connectivity index (χ0n) is 10.8. The van der Waals surface area contributed by atoms with Crippen LogP contribution >= 0.6 is 22.9 Å². The molecule has 2 unspecified atom stereocenters. The van der Waals surface area contributed by atoms with E-state index in [-0.39, 0.29) is 0 Å². The molecule has 2 rings (SSSR count). The lowest BCUT2D eigenvalue weighted by Gasteiger charge is -2.35. The minimum atomic E-state index is 0.306. The second-order valence-corrected chi connectivity index (χ2v) is 6.16. The standard InChI is InChI=1S/C13H21ClN2OS/c1-10(13-15-12(7-14)9-18-13)16-5-2-3-11(8-16)4-6-17/h9-11,17H,2-8H2,1H3. The first-order chi connectivity index (χ1) is 8.74. The number of aliphatic hydroxyl groups is 1. The van der Waals surface area contributed by atoms with Crippen LogP contribution in [-0.4, -0.2) is 34.7 Å². The Labute approximate surface area is 118 Å². The normalized spacial score (nSPS) is 23.2. The molecule has 0 saturated carbocycles. The maximum atomic E-state index is 9.05. The van der Waals surface area contributed by atoms with Crippen LogP contribution in [0.2, 0.25) is 0 Å². The Morgan fingerprint density at radius 3 is 3.17 bits per heavy atom. The summed E-state index contributed by atoms with van der Waals surface area (Å²) in [5.41, 5.74) is 0.979. The van der Waals surface area contributed by atoms with Crippen molar-refractivity contribution < 1.29 is 5.11 Å². The Balaban J connectivity index is 1.97. The number of likely N-dealkylation sites (tertiary alicyclic amines) is 1. The maximum Gasteiger partial charge on any atom is 0.110 e. The summed E-state index contributed by atoms with van der Waals surface area (Å²) in [5, 5.41) is 12.3. The van der Waals surface area contributed by atoms with Crippen LogP contribution in [0.25, 0.3) is 0 Å². The molecule has 18 heavy (non-hydrogen) atoms. The molecule has 3 nitrogen and oxygen atoms in total. The van der Waals surface area contributed by atoms with Crippen molar-refractivity contribution in [1.82, 2.24) is 9.88 Å². The first-order valence-electron chi connectivity index (χ1n) is 6.59. The van der Waals surface area contributed by atoms with Gasteiger partial charge in [0.15, 0.2) is 0 Å². The number of aliphatic hydroxyl groups excluding tert-OH is 1. The molecule has 0 amide bonds. The van der Waals surface area contributed by atoms with Crippen LogP contribution in [0.15, 0.2) is 5.38 Å². The molecule has 0 radical (unpaired) electrons. The summed E-state index contributed by atoms with van der Waals surface area (Å²) < 4.78 is 0. The van der Waals surface area contributed by atoms with Crippen LogP contribution in [0, 0.1) is 5.92 Å². The summed E-state index contributed by atoms with van der Waals surface area (Å²) in [4.78, 5) is 7.06. The minimum Gasteiger partial charge on any atom is -0.396 e. The highest BCUT2D eigenvalue weighted by Gasteiger charge is 2.25. The van der Waals surface area contributed by atoms with Crippen molar-refractivity contribution in [3.63, 3.8) is 0 Å². The zero-order chi connectivity index (χ0) is 13.0. The molecule has 2 heterocycles. The van der Waals surface area contributed by atoms with Gasteiger partial charge in [-0.05, 0) is 38.6 Å². The Morgan fingerprint density at radius 2 is 2.50 bits per heavy atom. The first-order valence-corrected chi connectivity index (χ1v) is 8.01. The van der Waals surface area contributed by atoms with Gasteiger partial charge in [-0.15, -0.1) is 22.9 Å². The summed E-state index contributed by atoms with van der Waals surface area (Å²) in [6, 6.07) is 0.369. The van der Waals surface area contributed by atoms with E-state index in [1.165, 1.54) is 12.8 Å². The number of nitrogens with zero attached hydrogens (tertiary/aromatic N) is 2. The molecule has 0 aromatic carbocycles. The van der Waals surface area contributed by atoms with Gasteiger partial charge >= 0.3 is 0 Å². The van der Waals surface area contributed by atoms with Gasteiger partial charge < -0.3 is 5.11 Å². The predicted octanol–water partition coefficient (Wildman–Crippen LogP) is 3.04. The van der Waals surface area contributed by atoms with Crippen molar-refractivity contribution in [2.75, 3.05) is 19.7 Å². The van der Waals surface area contributed by atoms with Gasteiger partial charge in [0, 0.05) is 18.5 Å². The summed E-state index contributed by atoms with van der Waals surface area (Å²) in [5.74, 6) is 1.13. The van der Waals surface area contributed by atoms with Crippen LogP contribution in [0.1, 0.15) is 42.9 Å². The lowest BCUT2D eigenvalue weighted by molar-refractivity contribution is 0.114. The second-order valence-electron chi connectivity index (χ2n) is 5.00. The summed E-state index contributed by atoms with van der Waals surface area (Å²) in [6.07, 6.45) is 3.39. The zero-order valence-corrected chi connectivity index (χ0v) is 12.4. The Hall–Kier alpha value is -0.160. The van der Waals surface area contributed by atoms with Crippen LogP contribution in [0.4, 0.5) is 0 Å². The topological polar surface area (TPSA) is 36.4 Å². The second kappa shape index (κ2) is 6.85. The van der Waals surface area contributed by atoms with Crippen molar-refractivity contribution in [3.8, 4) is 0 Å². The predicted molar refractivity (Wildman–Crippen MR) is 76.1 cm³/mol. The maximum absolute atomic E-state index is 9.05. The monoisotopic (exact) mass is 288 g/mol. The average Bonchev–Trinajstić information content (AvgIpc) is 2.87. The van der Waals surface area contributed by atoms with Crippen LogP contribution < -0.4 is 0 Å². The van der Waals surface area contributed by atoms with Gasteiger partial charge in [0.2, 0.25) is 0 Å². The number of hydrogen-bond donors (Lipinski definition) is 1. The summed E-state index contributed by atoms with van der Waals surface area (Å²) in [6.45, 7) is 4.75. The van der Waals surface area contributed by atoms with E-state index in [1.807, 2.05) is 5.38 Å². The lowest BCUT2D eigenvalue weighted by Crippen LogP contribution is -2.37. The van der Waals surface area contributed by atoms with Crippen molar-refractivity contribution in [3.05, 3.63) is 16.1 Å². The molecule has 1 N–H and O–H groups in total. The van der Waals surface area contributed by atoms with Gasteiger partial charge in [-0.3, -0.25) is 4.90 Å². The van der Waals surface area contributed by atoms with Crippen LogP contribution in [-0.2, 0) is 5.88 Å². The third-order valence-corrected chi connectivity index (χ3v) is 5.04. The fourth-order valence-corrected chi connectivity index (χ4v) is 3.74. The fourth-order valence-electron chi connectivity index (χ4n) is 2.60. The van der Waals surface area contributed by atoms with Crippen LogP contribution in [0.5, 0.6) is 0 Å². The third kappa shape index (κ3) is 3.44. The van der Waals surface area contributed by atoms with E-state index in [2.05, 4.69) is 16.8 Å². The minimum absolute atomic E-state index is 0.306. The molecule has 5 heteroatoms. The number of halogens is 1. The van der Waals surface area contributed by atoms with Crippen molar-refractivity contribution in [2.24, 2.45) is 5.92 Å². The van der Waals surface area contributed by atoms with Gasteiger partial charge in [-0.25, -0.2) is 4.98 Å². The van der Waals surface area contributed by atoms with E-state index in [4.69, 9.17) is 16.7 Å². The summed E-state index contributed by atoms with van der Waals surface area (Å²) in [7, 11) is 0. The van der Waals surface area contributed by atoms with Gasteiger partial charge in [-0.1, -0.05) is 0 Å². The SMILES string of the molecule is CC(c1nc(CCl)cs1)N1CCCC(CCO)C1. The number of piperidine rings is 1. The summed E-state index contributed by atoms with van der Waals surface area (Å²) >= 11 is 7.50. The number of thiazole rings is 1. The smallest absolute Gasteiger partial charge is 0.110 e. The van der Waals surface area contributed by atoms with Gasteiger partial charge in [0.1, 0.15) is 5.01 Å². The number of rotatable bonds is 5. The molecular weight excluding hydrogens is 268 g/mol. The average molecular weight is 289 g/mol. The van der Waals surface area contributed by atoms with Gasteiger partial charge in [0.25, 0.3) is 0 Å². The molecule has 1 fully saturated rings. The molecule has 0 aliphatic carbocycles. The molecule has 1 saturated heterocycles. The quantitative estimate of drug-likeness (QED) is 0.846. The molecule has 2 atom stereocenters. The molecule has 1 aliphatic rings. The van der Waals surface area contributed by atoms with E-state index in [0.717, 1.165) is 30.2 Å². The highest BCUT2D eigenvalue weighted by Crippen LogP contribution is 2.29. The third-order valence-electron chi connectivity index (χ3n) is 3.70. The Bertz CT molecular complexity index is 370. The van der Waals surface area contributed by atoms with Crippen molar-refractivity contribution in [2.45, 2.75) is 38.1 Å². The van der Waals surface area contributed by atoms with Crippen molar-refractivity contribution >= 4 is 22.9 Å². The largest absolute Gasteiger partial charge is 0.396 e. The molecule has 102 valence electrons. The van der Waals surface area contributed by atoms with Gasteiger partial charge in [-0.2, -0.15) is 0 Å².